The maximum atomic E-state index is 12.9. The van der Waals surface area contributed by atoms with Crippen molar-refractivity contribution >= 4 is 21.8 Å². The normalized spacial score (nSPS) is 11.7. The second-order valence-corrected chi connectivity index (χ2v) is 9.64. The van der Waals surface area contributed by atoms with Crippen LogP contribution in [-0.2, 0) is 15.8 Å². The minimum Gasteiger partial charge on any atom is -0.497 e. The van der Waals surface area contributed by atoms with Gasteiger partial charge in [0.1, 0.15) is 11.5 Å². The third kappa shape index (κ3) is 4.84. The van der Waals surface area contributed by atoms with Crippen molar-refractivity contribution in [2.24, 2.45) is 0 Å². The van der Waals surface area contributed by atoms with Gasteiger partial charge in [0.2, 0.25) is 15.2 Å². The van der Waals surface area contributed by atoms with Crippen LogP contribution in [0.5, 0.6) is 11.5 Å². The zero-order chi connectivity index (χ0) is 23.3. The predicted molar refractivity (Wildman–Crippen MR) is 125 cm³/mol. The summed E-state index contributed by atoms with van der Waals surface area (Å²) in [5, 5.41) is 8.86. The Kier molecular flexibility index (Phi) is 7.64. The van der Waals surface area contributed by atoms with Crippen LogP contribution in [0.25, 0.3) is 11.4 Å². The van der Waals surface area contributed by atoms with Crippen molar-refractivity contribution in [2.45, 2.75) is 29.7 Å². The Balaban J connectivity index is 1.86. The molecule has 11 heteroatoms. The summed E-state index contributed by atoms with van der Waals surface area (Å²) in [6.45, 7) is 4.40. The van der Waals surface area contributed by atoms with E-state index in [1.165, 1.54) is 20.7 Å². The third-order valence-corrected chi connectivity index (χ3v) is 7.98. The average Bonchev–Trinajstić information content (AvgIpc) is 3.18. The maximum Gasteiger partial charge on any atom is 0.243 e. The van der Waals surface area contributed by atoms with Crippen molar-refractivity contribution in [3.05, 3.63) is 48.0 Å². The molecule has 2 aromatic carbocycles. The molecule has 3 aromatic rings. The molecule has 0 amide bonds. The zero-order valence-electron chi connectivity index (χ0n) is 18.5. The van der Waals surface area contributed by atoms with Gasteiger partial charge in [0.15, 0.2) is 5.82 Å². The first-order chi connectivity index (χ1) is 15.3. The number of aromatic nitrogens is 3. The molecule has 0 aliphatic rings. The number of sulfonamides is 1. The Bertz CT molecular complexity index is 1180. The second kappa shape index (κ2) is 10.2. The maximum absolute atomic E-state index is 12.9. The van der Waals surface area contributed by atoms with E-state index in [1.54, 1.807) is 38.5 Å². The molecule has 0 unspecified atom stereocenters. The Morgan fingerprint density at radius 1 is 1.06 bits per heavy atom. The van der Waals surface area contributed by atoms with Gasteiger partial charge in [-0.15, -0.1) is 10.2 Å². The van der Waals surface area contributed by atoms with E-state index in [1.807, 2.05) is 32.0 Å². The van der Waals surface area contributed by atoms with Gasteiger partial charge in [0.05, 0.1) is 19.1 Å². The van der Waals surface area contributed by atoms with Gasteiger partial charge in [-0.3, -0.25) is 0 Å². The molecule has 3 rings (SSSR count). The first-order valence-corrected chi connectivity index (χ1v) is 12.4. The molecular weight excluding hydrogens is 450 g/mol. The highest BCUT2D eigenvalue weighted by Gasteiger charge is 2.23. The van der Waals surface area contributed by atoms with Crippen LogP contribution in [-0.4, -0.2) is 54.9 Å². The minimum atomic E-state index is -3.59. The summed E-state index contributed by atoms with van der Waals surface area (Å²) >= 11 is 1.39. The van der Waals surface area contributed by atoms with E-state index in [4.69, 9.17) is 15.3 Å². The molecule has 0 spiro atoms. The third-order valence-electron chi connectivity index (χ3n) is 4.94. The van der Waals surface area contributed by atoms with Crippen LogP contribution in [0.1, 0.15) is 19.4 Å². The van der Waals surface area contributed by atoms with Gasteiger partial charge in [-0.2, -0.15) is 4.31 Å². The molecule has 0 fully saturated rings. The van der Waals surface area contributed by atoms with Crippen LogP contribution < -0.4 is 15.3 Å². The summed E-state index contributed by atoms with van der Waals surface area (Å²) in [6.07, 6.45) is 0. The van der Waals surface area contributed by atoms with Crippen molar-refractivity contribution in [3.8, 4) is 22.9 Å². The summed E-state index contributed by atoms with van der Waals surface area (Å²) in [7, 11) is -0.377. The smallest absolute Gasteiger partial charge is 0.243 e. The Labute approximate surface area is 192 Å². The fourth-order valence-electron chi connectivity index (χ4n) is 3.22. The van der Waals surface area contributed by atoms with E-state index in [0.717, 1.165) is 17.1 Å². The molecular formula is C21H27N5O4S2. The molecule has 2 N–H and O–H groups in total. The Hall–Kier alpha value is -2.76. The summed E-state index contributed by atoms with van der Waals surface area (Å²) in [6, 6.07) is 12.1. The standard InChI is InChI=1S/C21H27N5O4S2/c1-5-25(6-2)32(27,28)18-9-7-8-15(13-18)20-23-24-21(26(20)22)31-14-16-12-17(29-3)10-11-19(16)30-4/h7-13H,5-6,14,22H2,1-4H3. The molecule has 1 aromatic heterocycles. The van der Waals surface area contributed by atoms with Crippen molar-refractivity contribution in [2.75, 3.05) is 33.2 Å². The molecule has 0 atom stereocenters. The van der Waals surface area contributed by atoms with Crippen LogP contribution in [0.2, 0.25) is 0 Å². The number of nitrogens with two attached hydrogens (primary N) is 1. The van der Waals surface area contributed by atoms with Crippen LogP contribution in [0.15, 0.2) is 52.5 Å². The van der Waals surface area contributed by atoms with Crippen LogP contribution in [0.3, 0.4) is 0 Å². The highest BCUT2D eigenvalue weighted by atomic mass is 32.2. The summed E-state index contributed by atoms with van der Waals surface area (Å²) < 4.78 is 39.2. The lowest BCUT2D eigenvalue weighted by atomic mass is 10.2. The van der Waals surface area contributed by atoms with Gasteiger partial charge in [-0.05, 0) is 30.3 Å². The summed E-state index contributed by atoms with van der Waals surface area (Å²) in [5.74, 6) is 8.62. The molecule has 172 valence electrons. The van der Waals surface area contributed by atoms with Gasteiger partial charge in [0.25, 0.3) is 0 Å². The number of methoxy groups -OCH3 is 2. The molecule has 0 saturated heterocycles. The lowest BCUT2D eigenvalue weighted by Gasteiger charge is -2.18. The van der Waals surface area contributed by atoms with Gasteiger partial charge >= 0.3 is 0 Å². The number of hydrogen-bond donors (Lipinski definition) is 1. The number of nitrogens with zero attached hydrogens (tertiary/aromatic N) is 4. The molecule has 1 heterocycles. The lowest BCUT2D eigenvalue weighted by Crippen LogP contribution is -2.30. The van der Waals surface area contributed by atoms with E-state index >= 15 is 0 Å². The molecule has 9 nitrogen and oxygen atoms in total. The van der Waals surface area contributed by atoms with E-state index in [-0.39, 0.29) is 4.90 Å². The SMILES string of the molecule is CCN(CC)S(=O)(=O)c1cccc(-c2nnc(SCc3cc(OC)ccc3OC)n2N)c1. The van der Waals surface area contributed by atoms with Crippen molar-refractivity contribution in [3.63, 3.8) is 0 Å². The minimum absolute atomic E-state index is 0.192. The van der Waals surface area contributed by atoms with Crippen molar-refractivity contribution in [1.29, 1.82) is 0 Å². The van der Waals surface area contributed by atoms with Crippen LogP contribution in [0.4, 0.5) is 0 Å². The Morgan fingerprint density at radius 3 is 2.47 bits per heavy atom. The zero-order valence-corrected chi connectivity index (χ0v) is 20.1. The van der Waals surface area contributed by atoms with Gasteiger partial charge in [0, 0.05) is 30.0 Å². The number of thioether (sulfide) groups is 1. The topological polar surface area (TPSA) is 113 Å². The highest BCUT2D eigenvalue weighted by Crippen LogP contribution is 2.31. The van der Waals surface area contributed by atoms with Gasteiger partial charge < -0.3 is 15.3 Å². The first kappa shape index (κ1) is 23.9. The summed E-state index contributed by atoms with van der Waals surface area (Å²) in [5.41, 5.74) is 1.49. The van der Waals surface area contributed by atoms with Crippen molar-refractivity contribution < 1.29 is 17.9 Å². The van der Waals surface area contributed by atoms with E-state index in [0.29, 0.717) is 35.4 Å². The fraction of sp³-hybridized carbons (Fsp3) is 0.333. The van der Waals surface area contributed by atoms with Crippen LogP contribution >= 0.6 is 11.8 Å². The van der Waals surface area contributed by atoms with Crippen molar-refractivity contribution in [1.82, 2.24) is 19.2 Å². The molecule has 0 radical (unpaired) electrons. The second-order valence-electron chi connectivity index (χ2n) is 6.76. The monoisotopic (exact) mass is 477 g/mol. The highest BCUT2D eigenvalue weighted by molar-refractivity contribution is 7.98. The number of rotatable bonds is 10. The van der Waals surface area contributed by atoms with E-state index in [2.05, 4.69) is 10.2 Å². The fourth-order valence-corrected chi connectivity index (χ4v) is 5.56. The number of hydrogen-bond acceptors (Lipinski definition) is 8. The lowest BCUT2D eigenvalue weighted by molar-refractivity contribution is 0.400. The largest absolute Gasteiger partial charge is 0.497 e. The number of benzene rings is 2. The first-order valence-electron chi connectivity index (χ1n) is 10.00. The van der Waals surface area contributed by atoms with Crippen LogP contribution in [0, 0.1) is 0 Å². The molecule has 0 aliphatic carbocycles. The molecule has 0 aliphatic heterocycles. The summed E-state index contributed by atoms with van der Waals surface area (Å²) in [4.78, 5) is 0.192. The van der Waals surface area contributed by atoms with Gasteiger partial charge in [-0.25, -0.2) is 13.1 Å². The van der Waals surface area contributed by atoms with E-state index in [9.17, 15) is 8.42 Å². The molecule has 32 heavy (non-hydrogen) atoms. The number of nitrogen functional groups attached to an aromatic ring is 1. The Morgan fingerprint density at radius 2 is 1.81 bits per heavy atom. The average molecular weight is 478 g/mol. The number of ether oxygens (including phenoxy) is 2. The predicted octanol–water partition coefficient (Wildman–Crippen LogP) is 3.00. The quantitative estimate of drug-likeness (QED) is 0.350. The molecule has 0 saturated carbocycles. The molecule has 0 bridgehead atoms. The van der Waals surface area contributed by atoms with Gasteiger partial charge in [-0.1, -0.05) is 37.7 Å². The van der Waals surface area contributed by atoms with E-state index < -0.39 is 10.0 Å².